The second-order valence-electron chi connectivity index (χ2n) is 5.11. The normalized spacial score (nSPS) is 14.1. The highest BCUT2D eigenvalue weighted by Crippen LogP contribution is 2.34. The molecule has 0 saturated heterocycles. The van der Waals surface area contributed by atoms with Crippen molar-refractivity contribution in [2.45, 2.75) is 26.4 Å². The van der Waals surface area contributed by atoms with E-state index in [4.69, 9.17) is 10.9 Å². The number of nitrogens with zero attached hydrogens (tertiary/aromatic N) is 2. The number of oxime groups is 1. The van der Waals surface area contributed by atoms with Gasteiger partial charge >= 0.3 is 6.18 Å². The van der Waals surface area contributed by atoms with Gasteiger partial charge in [-0.05, 0) is 24.1 Å². The fourth-order valence-corrected chi connectivity index (χ4v) is 1.98. The quantitative estimate of drug-likeness (QED) is 0.380. The Hall–Kier alpha value is -1.92. The largest absolute Gasteiger partial charge is 0.417 e. The summed E-state index contributed by atoms with van der Waals surface area (Å²) in [7, 11) is 1.74. The minimum atomic E-state index is -4.57. The Labute approximate surface area is 122 Å². The van der Waals surface area contributed by atoms with E-state index in [9.17, 15) is 13.2 Å². The van der Waals surface area contributed by atoms with Crippen molar-refractivity contribution in [2.24, 2.45) is 16.8 Å². The molecule has 0 spiro atoms. The van der Waals surface area contributed by atoms with Crippen LogP contribution in [0, 0.1) is 5.92 Å². The fourth-order valence-electron chi connectivity index (χ4n) is 1.98. The number of rotatable bonds is 5. The molecule has 3 N–H and O–H groups in total. The first kappa shape index (κ1) is 17.1. The lowest BCUT2D eigenvalue weighted by Gasteiger charge is -2.24. The van der Waals surface area contributed by atoms with Crippen molar-refractivity contribution in [2.75, 3.05) is 18.5 Å². The smallest absolute Gasteiger partial charge is 0.409 e. The van der Waals surface area contributed by atoms with E-state index in [2.05, 4.69) is 5.16 Å². The third-order valence-electron chi connectivity index (χ3n) is 3.42. The molecular weight excluding hydrogens is 283 g/mol. The molecule has 0 amide bonds. The summed E-state index contributed by atoms with van der Waals surface area (Å²) >= 11 is 0. The van der Waals surface area contributed by atoms with Gasteiger partial charge in [0, 0.05) is 24.8 Å². The van der Waals surface area contributed by atoms with Crippen LogP contribution in [0.4, 0.5) is 18.9 Å². The van der Waals surface area contributed by atoms with Crippen LogP contribution in [0.5, 0.6) is 0 Å². The molecule has 0 bridgehead atoms. The zero-order valence-corrected chi connectivity index (χ0v) is 12.3. The second kappa shape index (κ2) is 6.69. The van der Waals surface area contributed by atoms with Crippen molar-refractivity contribution in [1.82, 2.24) is 0 Å². The van der Waals surface area contributed by atoms with Gasteiger partial charge < -0.3 is 15.8 Å². The number of anilines is 1. The summed E-state index contributed by atoms with van der Waals surface area (Å²) < 4.78 is 39.3. The van der Waals surface area contributed by atoms with Crippen molar-refractivity contribution in [1.29, 1.82) is 0 Å². The van der Waals surface area contributed by atoms with Crippen molar-refractivity contribution in [3.05, 3.63) is 29.3 Å². The summed E-state index contributed by atoms with van der Waals surface area (Å²) in [5.74, 6) is -0.188. The molecule has 0 aromatic heterocycles. The molecule has 0 saturated carbocycles. The first-order valence-corrected chi connectivity index (χ1v) is 6.61. The molecule has 0 aliphatic carbocycles. The lowest BCUT2D eigenvalue weighted by molar-refractivity contribution is -0.137. The van der Waals surface area contributed by atoms with E-state index in [1.54, 1.807) is 11.9 Å². The molecule has 1 aromatic rings. The van der Waals surface area contributed by atoms with Crippen LogP contribution in [0.3, 0.4) is 0 Å². The van der Waals surface area contributed by atoms with Gasteiger partial charge in [0.2, 0.25) is 0 Å². The summed E-state index contributed by atoms with van der Waals surface area (Å²) in [6.45, 7) is 4.71. The van der Waals surface area contributed by atoms with Gasteiger partial charge in [0.15, 0.2) is 5.84 Å². The molecule has 1 rings (SSSR count). The molecule has 21 heavy (non-hydrogen) atoms. The average molecular weight is 303 g/mol. The van der Waals surface area contributed by atoms with Crippen LogP contribution in [0.1, 0.15) is 31.4 Å². The maximum atomic E-state index is 13.1. The zero-order valence-electron chi connectivity index (χ0n) is 12.3. The molecule has 118 valence electrons. The predicted octanol–water partition coefficient (Wildman–Crippen LogP) is 3.28. The summed E-state index contributed by atoms with van der Waals surface area (Å²) in [6, 6.07) is 3.78. The Bertz CT molecular complexity index is 515. The van der Waals surface area contributed by atoms with Crippen molar-refractivity contribution >= 4 is 11.5 Å². The van der Waals surface area contributed by atoms with Gasteiger partial charge in [-0.15, -0.1) is 0 Å². The Morgan fingerprint density at radius 3 is 2.52 bits per heavy atom. The fraction of sp³-hybridized carbons (Fsp3) is 0.500. The molecule has 0 aliphatic rings. The first-order valence-electron chi connectivity index (χ1n) is 6.61. The Morgan fingerprint density at radius 2 is 2.05 bits per heavy atom. The van der Waals surface area contributed by atoms with Gasteiger partial charge in [-0.25, -0.2) is 0 Å². The molecule has 4 nitrogen and oxygen atoms in total. The molecule has 1 aromatic carbocycles. The molecule has 0 radical (unpaired) electrons. The summed E-state index contributed by atoms with van der Waals surface area (Å²) in [5, 5.41) is 11.2. The summed E-state index contributed by atoms with van der Waals surface area (Å²) in [4.78, 5) is 1.76. The maximum Gasteiger partial charge on any atom is 0.417 e. The van der Waals surface area contributed by atoms with E-state index in [0.717, 1.165) is 12.5 Å². The number of hydrogen-bond acceptors (Lipinski definition) is 3. The van der Waals surface area contributed by atoms with Gasteiger partial charge in [-0.2, -0.15) is 13.2 Å². The number of alkyl halides is 3. The van der Waals surface area contributed by atoms with E-state index in [0.29, 0.717) is 18.2 Å². The van der Waals surface area contributed by atoms with Crippen LogP contribution in [-0.4, -0.2) is 24.6 Å². The van der Waals surface area contributed by atoms with Crippen LogP contribution in [0.25, 0.3) is 0 Å². The van der Waals surface area contributed by atoms with Crippen molar-refractivity contribution in [3.8, 4) is 0 Å². The minimum Gasteiger partial charge on any atom is -0.409 e. The van der Waals surface area contributed by atoms with Crippen LogP contribution in [0.2, 0.25) is 0 Å². The maximum absolute atomic E-state index is 13.1. The third-order valence-corrected chi connectivity index (χ3v) is 3.42. The highest BCUT2D eigenvalue weighted by Gasteiger charge is 2.35. The lowest BCUT2D eigenvalue weighted by Crippen LogP contribution is -2.25. The van der Waals surface area contributed by atoms with Gasteiger partial charge in [0.05, 0.1) is 5.56 Å². The molecule has 0 fully saturated rings. The van der Waals surface area contributed by atoms with E-state index in [1.807, 2.05) is 13.8 Å². The second-order valence-corrected chi connectivity index (χ2v) is 5.11. The van der Waals surface area contributed by atoms with Crippen LogP contribution < -0.4 is 10.6 Å². The summed E-state index contributed by atoms with van der Waals surface area (Å²) in [6.07, 6.45) is -3.63. The van der Waals surface area contributed by atoms with Gasteiger partial charge in [-0.3, -0.25) is 0 Å². The number of benzene rings is 1. The predicted molar refractivity (Wildman–Crippen MR) is 76.7 cm³/mol. The molecule has 0 aliphatic heterocycles. The van der Waals surface area contributed by atoms with Crippen molar-refractivity contribution in [3.63, 3.8) is 0 Å². The highest BCUT2D eigenvalue weighted by atomic mass is 19.4. The minimum absolute atomic E-state index is 0.328. The molecular formula is C14H20F3N3O. The number of halogens is 3. The van der Waals surface area contributed by atoms with E-state index in [1.165, 1.54) is 12.1 Å². The average Bonchev–Trinajstić information content (AvgIpc) is 2.44. The SMILES string of the molecule is CCC(C)CN(C)c1ccc(/C(N)=N/O)c(C(F)(F)F)c1. The standard InChI is InChI=1S/C14H20F3N3O/c1-4-9(2)8-20(3)10-5-6-11(13(18)19-21)12(7-10)14(15,16)17/h5-7,9,21H,4,8H2,1-3H3,(H2,18,19). The van der Waals surface area contributed by atoms with E-state index >= 15 is 0 Å². The monoisotopic (exact) mass is 303 g/mol. The topological polar surface area (TPSA) is 61.8 Å². The number of nitrogens with two attached hydrogens (primary N) is 1. The summed E-state index contributed by atoms with van der Waals surface area (Å²) in [5.41, 5.74) is 4.51. The first-order chi connectivity index (χ1) is 9.70. The van der Waals surface area contributed by atoms with Crippen LogP contribution >= 0.6 is 0 Å². The van der Waals surface area contributed by atoms with Gasteiger partial charge in [0.25, 0.3) is 0 Å². The molecule has 7 heteroatoms. The molecule has 1 unspecified atom stereocenters. The molecule has 1 atom stereocenters. The molecule has 0 heterocycles. The Balaban J connectivity index is 3.22. The highest BCUT2D eigenvalue weighted by molar-refractivity contribution is 5.99. The van der Waals surface area contributed by atoms with Gasteiger partial charge in [0.1, 0.15) is 0 Å². The lowest BCUT2D eigenvalue weighted by atomic mass is 10.0. The Kier molecular flexibility index (Phi) is 5.46. The third kappa shape index (κ3) is 4.27. The van der Waals surface area contributed by atoms with Crippen molar-refractivity contribution < 1.29 is 18.4 Å². The van der Waals surface area contributed by atoms with E-state index in [-0.39, 0.29) is 5.56 Å². The van der Waals surface area contributed by atoms with Crippen LogP contribution in [-0.2, 0) is 6.18 Å². The zero-order chi connectivity index (χ0) is 16.2. The van der Waals surface area contributed by atoms with Crippen LogP contribution in [0.15, 0.2) is 23.4 Å². The Morgan fingerprint density at radius 1 is 1.43 bits per heavy atom. The van der Waals surface area contributed by atoms with E-state index < -0.39 is 17.6 Å². The van der Waals surface area contributed by atoms with Gasteiger partial charge in [-0.1, -0.05) is 25.4 Å². The number of hydrogen-bond donors (Lipinski definition) is 2. The number of amidine groups is 1.